The molecule has 2 nitrogen and oxygen atoms in total. The molecule has 0 aromatic heterocycles. The molecule has 0 unspecified atom stereocenters. The van der Waals surface area contributed by atoms with Crippen molar-refractivity contribution in [2.75, 3.05) is 6.29 Å². The Morgan fingerprint density at radius 1 is 0.786 bits per heavy atom. The molecule has 0 aliphatic heterocycles. The van der Waals surface area contributed by atoms with Crippen molar-refractivity contribution < 1.29 is 5.11 Å². The van der Waals surface area contributed by atoms with Crippen LogP contribution < -0.4 is 15.9 Å². The topological polar surface area (TPSA) is 32.3 Å². The van der Waals surface area contributed by atoms with Gasteiger partial charge in [-0.15, -0.1) is 0 Å². The number of hydrogen-bond acceptors (Lipinski definition) is 2. The van der Waals surface area contributed by atoms with E-state index in [2.05, 4.69) is 80.7 Å². The van der Waals surface area contributed by atoms with Crippen molar-refractivity contribution in [2.45, 2.75) is 38.8 Å². The van der Waals surface area contributed by atoms with E-state index >= 15 is 0 Å². The Labute approximate surface area is 170 Å². The standard InChI is InChI=1S/C25H30NOP/c1-19(2)23-16-10-11-17-24(23)28(22-14-8-5-9-15-22)18-26-20(3)25(27)21-12-6-4-7-13-21/h4-17,19-20,25-27H,18H2,1-3H3/t20-,25-,28-/m0/s1. The van der Waals surface area contributed by atoms with Crippen molar-refractivity contribution >= 4 is 18.5 Å². The number of aliphatic hydroxyl groups excluding tert-OH is 1. The van der Waals surface area contributed by atoms with Crippen LogP contribution in [0, 0.1) is 0 Å². The van der Waals surface area contributed by atoms with Gasteiger partial charge in [0.1, 0.15) is 0 Å². The minimum Gasteiger partial charge on any atom is -0.387 e. The number of benzene rings is 3. The van der Waals surface area contributed by atoms with Crippen LogP contribution in [0.4, 0.5) is 0 Å². The summed E-state index contributed by atoms with van der Waals surface area (Å²) in [5, 5.41) is 17.1. The molecule has 0 saturated carbocycles. The molecule has 0 aliphatic carbocycles. The quantitative estimate of drug-likeness (QED) is 0.535. The molecule has 0 amide bonds. The lowest BCUT2D eigenvalue weighted by atomic mass is 10.0. The molecule has 3 aromatic rings. The van der Waals surface area contributed by atoms with Crippen LogP contribution in [0.1, 0.15) is 43.9 Å². The monoisotopic (exact) mass is 391 g/mol. The fourth-order valence-corrected chi connectivity index (χ4v) is 5.97. The zero-order chi connectivity index (χ0) is 19.9. The highest BCUT2D eigenvalue weighted by Gasteiger charge is 2.21. The maximum absolute atomic E-state index is 10.7. The molecule has 0 spiro atoms. The van der Waals surface area contributed by atoms with Gasteiger partial charge in [0, 0.05) is 12.3 Å². The van der Waals surface area contributed by atoms with Gasteiger partial charge in [0.25, 0.3) is 0 Å². The van der Waals surface area contributed by atoms with Crippen LogP contribution in [0.3, 0.4) is 0 Å². The molecule has 0 radical (unpaired) electrons. The highest BCUT2D eigenvalue weighted by Crippen LogP contribution is 2.35. The molecule has 0 aliphatic rings. The smallest absolute Gasteiger partial charge is 0.0940 e. The average molecular weight is 391 g/mol. The zero-order valence-corrected chi connectivity index (χ0v) is 17.8. The SMILES string of the molecule is CC(C)c1ccccc1[P@@](CN[C@@H](C)[C@H](O)c1ccccc1)c1ccccc1. The van der Waals surface area contributed by atoms with E-state index < -0.39 is 14.0 Å². The van der Waals surface area contributed by atoms with Gasteiger partial charge in [-0.3, -0.25) is 0 Å². The van der Waals surface area contributed by atoms with Gasteiger partial charge in [-0.25, -0.2) is 0 Å². The second-order valence-electron chi connectivity index (χ2n) is 7.48. The van der Waals surface area contributed by atoms with Crippen molar-refractivity contribution in [3.8, 4) is 0 Å². The summed E-state index contributed by atoms with van der Waals surface area (Å²) in [5.74, 6) is 0.484. The first-order valence-electron chi connectivity index (χ1n) is 9.96. The van der Waals surface area contributed by atoms with E-state index in [1.807, 2.05) is 30.3 Å². The third-order valence-corrected chi connectivity index (χ3v) is 7.51. The molecule has 2 N–H and O–H groups in total. The highest BCUT2D eigenvalue weighted by molar-refractivity contribution is 7.73. The first kappa shape index (κ1) is 20.7. The lowest BCUT2D eigenvalue weighted by molar-refractivity contribution is 0.139. The molecule has 0 bridgehead atoms. The van der Waals surface area contributed by atoms with E-state index in [1.54, 1.807) is 0 Å². The highest BCUT2D eigenvalue weighted by atomic mass is 31.1. The lowest BCUT2D eigenvalue weighted by Crippen LogP contribution is -2.35. The molecule has 3 rings (SSSR count). The van der Waals surface area contributed by atoms with E-state index in [9.17, 15) is 5.11 Å². The summed E-state index contributed by atoms with van der Waals surface area (Å²) in [4.78, 5) is 0. The normalized spacial score (nSPS) is 14.6. The van der Waals surface area contributed by atoms with Crippen molar-refractivity contribution in [1.82, 2.24) is 5.32 Å². The summed E-state index contributed by atoms with van der Waals surface area (Å²) in [5.41, 5.74) is 2.37. The van der Waals surface area contributed by atoms with E-state index in [1.165, 1.54) is 16.2 Å². The van der Waals surface area contributed by atoms with Crippen molar-refractivity contribution in [3.05, 3.63) is 96.1 Å². The van der Waals surface area contributed by atoms with E-state index in [4.69, 9.17) is 0 Å². The summed E-state index contributed by atoms with van der Waals surface area (Å²) in [6.07, 6.45) is 0.322. The molecule has 3 heteroatoms. The Morgan fingerprint density at radius 2 is 1.36 bits per heavy atom. The maximum atomic E-state index is 10.7. The molecule has 3 atom stereocenters. The molecule has 0 fully saturated rings. The van der Waals surface area contributed by atoms with Crippen LogP contribution in [-0.4, -0.2) is 17.4 Å². The lowest BCUT2D eigenvalue weighted by Gasteiger charge is -2.27. The Hall–Kier alpha value is -1.99. The Morgan fingerprint density at radius 3 is 2.00 bits per heavy atom. The van der Waals surface area contributed by atoms with Crippen LogP contribution in [0.2, 0.25) is 0 Å². The van der Waals surface area contributed by atoms with Crippen molar-refractivity contribution in [1.29, 1.82) is 0 Å². The van der Waals surface area contributed by atoms with Gasteiger partial charge in [-0.2, -0.15) is 0 Å². The fourth-order valence-electron chi connectivity index (χ4n) is 3.43. The molecule has 3 aromatic carbocycles. The number of aliphatic hydroxyl groups is 1. The Balaban J connectivity index is 1.83. The molecule has 0 saturated heterocycles. The van der Waals surface area contributed by atoms with Gasteiger partial charge >= 0.3 is 0 Å². The predicted octanol–water partition coefficient (Wildman–Crippen LogP) is 4.91. The summed E-state index contributed by atoms with van der Waals surface area (Å²) < 4.78 is 0. The summed E-state index contributed by atoms with van der Waals surface area (Å²) >= 11 is 0. The van der Waals surface area contributed by atoms with E-state index in [0.29, 0.717) is 5.92 Å². The van der Waals surface area contributed by atoms with Gasteiger partial charge < -0.3 is 10.4 Å². The predicted molar refractivity (Wildman–Crippen MR) is 122 cm³/mol. The average Bonchev–Trinajstić information content (AvgIpc) is 2.75. The minimum absolute atomic E-state index is 0.0256. The Kier molecular flexibility index (Phi) is 7.39. The molecule has 0 heterocycles. The molecule has 146 valence electrons. The Bertz CT molecular complexity index is 851. The number of hydrogen-bond donors (Lipinski definition) is 2. The first-order chi connectivity index (χ1) is 13.6. The van der Waals surface area contributed by atoms with Crippen LogP contribution in [0.5, 0.6) is 0 Å². The molecular formula is C25H30NOP. The molecule has 28 heavy (non-hydrogen) atoms. The number of rotatable bonds is 8. The van der Waals surface area contributed by atoms with Crippen molar-refractivity contribution in [3.63, 3.8) is 0 Å². The minimum atomic E-state index is -0.553. The van der Waals surface area contributed by atoms with Crippen LogP contribution in [0.15, 0.2) is 84.9 Å². The first-order valence-corrected chi connectivity index (χ1v) is 11.5. The third kappa shape index (κ3) is 5.08. The van der Waals surface area contributed by atoms with Gasteiger partial charge in [0.15, 0.2) is 0 Å². The second kappa shape index (κ2) is 9.98. The maximum Gasteiger partial charge on any atom is 0.0940 e. The third-order valence-electron chi connectivity index (χ3n) is 5.10. The van der Waals surface area contributed by atoms with Gasteiger partial charge in [-0.1, -0.05) is 98.8 Å². The summed E-state index contributed by atoms with van der Waals surface area (Å²) in [6.45, 7) is 6.57. The number of nitrogens with one attached hydrogen (secondary N) is 1. The zero-order valence-electron chi connectivity index (χ0n) is 16.9. The summed E-state index contributed by atoms with van der Waals surface area (Å²) in [6, 6.07) is 29.4. The second-order valence-corrected chi connectivity index (χ2v) is 9.65. The fraction of sp³-hybridized carbons (Fsp3) is 0.280. The van der Waals surface area contributed by atoms with Crippen LogP contribution in [0.25, 0.3) is 0 Å². The van der Waals surface area contributed by atoms with Gasteiger partial charge in [0.2, 0.25) is 0 Å². The van der Waals surface area contributed by atoms with E-state index in [0.717, 1.165) is 11.8 Å². The van der Waals surface area contributed by atoms with Gasteiger partial charge in [-0.05, 0) is 42.5 Å². The molecular weight excluding hydrogens is 361 g/mol. The van der Waals surface area contributed by atoms with Crippen LogP contribution in [-0.2, 0) is 0 Å². The largest absolute Gasteiger partial charge is 0.387 e. The van der Waals surface area contributed by atoms with E-state index in [-0.39, 0.29) is 6.04 Å². The van der Waals surface area contributed by atoms with Gasteiger partial charge in [0.05, 0.1) is 6.10 Å². The van der Waals surface area contributed by atoms with Crippen molar-refractivity contribution in [2.24, 2.45) is 0 Å². The van der Waals surface area contributed by atoms with Crippen LogP contribution >= 0.6 is 7.92 Å². The summed E-state index contributed by atoms with van der Waals surface area (Å²) in [7, 11) is -0.553.